The third-order valence-electron chi connectivity index (χ3n) is 3.04. The number of halogens is 1. The van der Waals surface area contributed by atoms with Crippen molar-refractivity contribution in [3.63, 3.8) is 0 Å². The van der Waals surface area contributed by atoms with Gasteiger partial charge in [-0.1, -0.05) is 60.1 Å². The fraction of sp³-hybridized carbons (Fsp3) is 0.250. The minimum absolute atomic E-state index is 0.554. The van der Waals surface area contributed by atoms with Crippen LogP contribution in [0.25, 0.3) is 0 Å². The molecule has 0 fully saturated rings. The van der Waals surface area contributed by atoms with Gasteiger partial charge in [-0.3, -0.25) is 4.90 Å². The van der Waals surface area contributed by atoms with Crippen molar-refractivity contribution in [1.82, 2.24) is 4.90 Å². The molecule has 1 atom stereocenters. The van der Waals surface area contributed by atoms with Crippen molar-refractivity contribution in [2.75, 3.05) is 13.6 Å². The quantitative estimate of drug-likeness (QED) is 0.903. The second-order valence-electron chi connectivity index (χ2n) is 4.72. The molecule has 3 heteroatoms. The zero-order valence-corrected chi connectivity index (χ0v) is 11.7. The number of hydrogen-bond acceptors (Lipinski definition) is 2. The third-order valence-corrected chi connectivity index (χ3v) is 3.39. The largest absolute Gasteiger partial charge is 0.387 e. The van der Waals surface area contributed by atoms with Gasteiger partial charge in [-0.15, -0.1) is 0 Å². The standard InChI is InChI=1S/C16H18ClNO/c1-18(11-13-7-3-2-4-8-13)12-16(19)14-9-5-6-10-15(14)17/h2-10,16,19H,11-12H2,1H3/t16-/m1/s1. The van der Waals surface area contributed by atoms with Crippen LogP contribution in [-0.2, 0) is 6.54 Å². The number of nitrogens with zero attached hydrogens (tertiary/aromatic N) is 1. The molecule has 0 saturated carbocycles. The number of likely N-dealkylation sites (N-methyl/N-ethyl adjacent to an activating group) is 1. The minimum Gasteiger partial charge on any atom is -0.387 e. The summed E-state index contributed by atoms with van der Waals surface area (Å²) in [5, 5.41) is 10.8. The van der Waals surface area contributed by atoms with Gasteiger partial charge in [0.05, 0.1) is 6.10 Å². The molecule has 0 aliphatic rings. The summed E-state index contributed by atoms with van der Waals surface area (Å²) in [7, 11) is 1.99. The van der Waals surface area contributed by atoms with E-state index in [-0.39, 0.29) is 0 Å². The molecule has 100 valence electrons. The van der Waals surface area contributed by atoms with Crippen molar-refractivity contribution in [1.29, 1.82) is 0 Å². The van der Waals surface area contributed by atoms with Crippen LogP contribution in [0.15, 0.2) is 54.6 Å². The van der Waals surface area contributed by atoms with Crippen molar-refractivity contribution < 1.29 is 5.11 Å². The molecule has 0 saturated heterocycles. The Balaban J connectivity index is 1.96. The lowest BCUT2D eigenvalue weighted by Crippen LogP contribution is -2.24. The fourth-order valence-electron chi connectivity index (χ4n) is 2.10. The normalized spacial score (nSPS) is 12.6. The summed E-state index contributed by atoms with van der Waals surface area (Å²) in [6, 6.07) is 17.6. The summed E-state index contributed by atoms with van der Waals surface area (Å²) in [6.45, 7) is 1.36. The smallest absolute Gasteiger partial charge is 0.0931 e. The lowest BCUT2D eigenvalue weighted by Gasteiger charge is -2.21. The lowest BCUT2D eigenvalue weighted by molar-refractivity contribution is 0.124. The Labute approximate surface area is 119 Å². The Morgan fingerprint density at radius 1 is 1.05 bits per heavy atom. The molecule has 1 N–H and O–H groups in total. The second kappa shape index (κ2) is 6.71. The molecule has 2 rings (SSSR count). The Hall–Kier alpha value is -1.35. The molecule has 0 amide bonds. The van der Waals surface area contributed by atoms with Crippen molar-refractivity contribution in [3.8, 4) is 0 Å². The SMILES string of the molecule is CN(Cc1ccccc1)C[C@@H](O)c1ccccc1Cl. The van der Waals surface area contributed by atoms with Crippen LogP contribution in [0.5, 0.6) is 0 Å². The van der Waals surface area contributed by atoms with Crippen LogP contribution in [0.1, 0.15) is 17.2 Å². The molecule has 0 aliphatic heterocycles. The Bertz CT molecular complexity index is 515. The molecular formula is C16H18ClNO. The highest BCUT2D eigenvalue weighted by Gasteiger charge is 2.13. The summed E-state index contributed by atoms with van der Waals surface area (Å²) in [5.41, 5.74) is 2.01. The highest BCUT2D eigenvalue weighted by molar-refractivity contribution is 6.31. The lowest BCUT2D eigenvalue weighted by atomic mass is 10.1. The maximum Gasteiger partial charge on any atom is 0.0931 e. The zero-order valence-electron chi connectivity index (χ0n) is 11.0. The molecule has 0 aromatic heterocycles. The van der Waals surface area contributed by atoms with Gasteiger partial charge in [-0.2, -0.15) is 0 Å². The van der Waals surface area contributed by atoms with Gasteiger partial charge in [-0.25, -0.2) is 0 Å². The first kappa shape index (κ1) is 14.1. The number of aliphatic hydroxyl groups excluding tert-OH is 1. The minimum atomic E-state index is -0.567. The van der Waals surface area contributed by atoms with Crippen LogP contribution < -0.4 is 0 Å². The fourth-order valence-corrected chi connectivity index (χ4v) is 2.36. The molecular weight excluding hydrogens is 258 g/mol. The molecule has 0 bridgehead atoms. The van der Waals surface area contributed by atoms with Crippen LogP contribution in [0.4, 0.5) is 0 Å². The van der Waals surface area contributed by atoms with Crippen molar-refractivity contribution in [3.05, 3.63) is 70.7 Å². The topological polar surface area (TPSA) is 23.5 Å². The number of hydrogen-bond donors (Lipinski definition) is 1. The van der Waals surface area contributed by atoms with E-state index in [4.69, 9.17) is 11.6 Å². The molecule has 0 unspecified atom stereocenters. The molecule has 0 heterocycles. The first-order chi connectivity index (χ1) is 9.16. The molecule has 2 aromatic rings. The molecule has 0 spiro atoms. The van der Waals surface area contributed by atoms with E-state index >= 15 is 0 Å². The average Bonchev–Trinajstić information content (AvgIpc) is 2.40. The highest BCUT2D eigenvalue weighted by atomic mass is 35.5. The summed E-state index contributed by atoms with van der Waals surface area (Å²) in [5.74, 6) is 0. The van der Waals surface area contributed by atoms with Crippen LogP contribution in [0.3, 0.4) is 0 Å². The summed E-state index contributed by atoms with van der Waals surface area (Å²) < 4.78 is 0. The number of aliphatic hydroxyl groups is 1. The van der Waals surface area contributed by atoms with Crippen molar-refractivity contribution >= 4 is 11.6 Å². The monoisotopic (exact) mass is 275 g/mol. The highest BCUT2D eigenvalue weighted by Crippen LogP contribution is 2.23. The third kappa shape index (κ3) is 4.06. The maximum absolute atomic E-state index is 10.2. The van der Waals surface area contributed by atoms with Crippen LogP contribution >= 0.6 is 11.6 Å². The van der Waals surface area contributed by atoms with Gasteiger partial charge in [0.1, 0.15) is 0 Å². The number of rotatable bonds is 5. The van der Waals surface area contributed by atoms with Crippen molar-refractivity contribution in [2.24, 2.45) is 0 Å². The Morgan fingerprint density at radius 2 is 1.68 bits per heavy atom. The molecule has 2 aromatic carbocycles. The van der Waals surface area contributed by atoms with Gasteiger partial charge < -0.3 is 5.11 Å². The van der Waals surface area contributed by atoms with Crippen molar-refractivity contribution in [2.45, 2.75) is 12.6 Å². The summed E-state index contributed by atoms with van der Waals surface area (Å²) >= 11 is 6.08. The molecule has 0 aliphatic carbocycles. The average molecular weight is 276 g/mol. The predicted molar refractivity (Wildman–Crippen MR) is 79.2 cm³/mol. The first-order valence-electron chi connectivity index (χ1n) is 6.32. The van der Waals surface area contributed by atoms with Gasteiger partial charge in [0.25, 0.3) is 0 Å². The number of benzene rings is 2. The second-order valence-corrected chi connectivity index (χ2v) is 5.13. The summed E-state index contributed by atoms with van der Waals surface area (Å²) in [4.78, 5) is 2.09. The van der Waals surface area contributed by atoms with Gasteiger partial charge in [0.2, 0.25) is 0 Å². The van der Waals surface area contributed by atoms with Crippen LogP contribution in [0, 0.1) is 0 Å². The Kier molecular flexibility index (Phi) is 4.97. The van der Waals surface area contributed by atoms with E-state index in [1.165, 1.54) is 5.56 Å². The van der Waals surface area contributed by atoms with E-state index in [9.17, 15) is 5.11 Å². The Morgan fingerprint density at radius 3 is 2.37 bits per heavy atom. The maximum atomic E-state index is 10.2. The van der Waals surface area contributed by atoms with E-state index in [0.29, 0.717) is 11.6 Å². The van der Waals surface area contributed by atoms with E-state index in [1.54, 1.807) is 6.07 Å². The van der Waals surface area contributed by atoms with E-state index in [1.807, 2.05) is 43.4 Å². The van der Waals surface area contributed by atoms with Gasteiger partial charge >= 0.3 is 0 Å². The first-order valence-corrected chi connectivity index (χ1v) is 6.69. The van der Waals surface area contributed by atoms with Gasteiger partial charge in [0.15, 0.2) is 0 Å². The molecule has 0 radical (unpaired) electrons. The van der Waals surface area contributed by atoms with E-state index in [0.717, 1.165) is 12.1 Å². The van der Waals surface area contributed by atoms with Gasteiger partial charge in [-0.05, 0) is 18.7 Å². The van der Waals surface area contributed by atoms with E-state index in [2.05, 4.69) is 17.0 Å². The molecule has 19 heavy (non-hydrogen) atoms. The van der Waals surface area contributed by atoms with Crippen LogP contribution in [-0.4, -0.2) is 23.6 Å². The van der Waals surface area contributed by atoms with E-state index < -0.39 is 6.10 Å². The molecule has 2 nitrogen and oxygen atoms in total. The zero-order chi connectivity index (χ0) is 13.7. The van der Waals surface area contributed by atoms with Gasteiger partial charge in [0, 0.05) is 23.7 Å². The predicted octanol–water partition coefficient (Wildman–Crippen LogP) is 3.51. The van der Waals surface area contributed by atoms with Crippen LogP contribution in [0.2, 0.25) is 5.02 Å². The summed E-state index contributed by atoms with van der Waals surface area (Å²) in [6.07, 6.45) is -0.567.